The van der Waals surface area contributed by atoms with Crippen molar-refractivity contribution in [3.05, 3.63) is 23.4 Å². The van der Waals surface area contributed by atoms with Gasteiger partial charge >= 0.3 is 0 Å². The molecule has 86 valence electrons. The number of pyridine rings is 1. The summed E-state index contributed by atoms with van der Waals surface area (Å²) in [5, 5.41) is 3.41. The number of hydrogen-bond donors (Lipinski definition) is 1. The number of nitrogens with zero attached hydrogens (tertiary/aromatic N) is 1. The van der Waals surface area contributed by atoms with Crippen LogP contribution in [0.1, 0.15) is 32.1 Å². The molecule has 0 radical (unpaired) electrons. The van der Waals surface area contributed by atoms with Gasteiger partial charge in [-0.15, -0.1) is 0 Å². The summed E-state index contributed by atoms with van der Waals surface area (Å²) in [6.07, 6.45) is 7.14. The fourth-order valence-electron chi connectivity index (χ4n) is 2.07. The first-order chi connectivity index (χ1) is 7.75. The van der Waals surface area contributed by atoms with Crippen molar-refractivity contribution in [3.8, 4) is 0 Å². The van der Waals surface area contributed by atoms with E-state index in [4.69, 9.17) is 11.6 Å². The van der Waals surface area contributed by atoms with Crippen LogP contribution in [0.2, 0.25) is 5.02 Å². The van der Waals surface area contributed by atoms with Crippen molar-refractivity contribution in [2.75, 3.05) is 5.32 Å². The quantitative estimate of drug-likeness (QED) is 0.859. The molecule has 0 aliphatic heterocycles. The molecule has 4 heteroatoms. The van der Waals surface area contributed by atoms with Gasteiger partial charge < -0.3 is 5.32 Å². The molecule has 2 rings (SSSR count). The van der Waals surface area contributed by atoms with Crippen molar-refractivity contribution in [2.45, 2.75) is 32.1 Å². The molecular formula is C12H15ClN2O. The highest BCUT2D eigenvalue weighted by molar-refractivity contribution is 6.30. The molecule has 0 unspecified atom stereocenters. The molecule has 0 atom stereocenters. The molecule has 0 spiro atoms. The summed E-state index contributed by atoms with van der Waals surface area (Å²) in [5.41, 5.74) is 0. The molecule has 0 aromatic carbocycles. The zero-order valence-electron chi connectivity index (χ0n) is 9.08. The maximum Gasteiger partial charge on any atom is 0.228 e. The Morgan fingerprint density at radius 1 is 1.38 bits per heavy atom. The number of halogens is 1. The molecule has 1 aliphatic rings. The van der Waals surface area contributed by atoms with E-state index < -0.39 is 0 Å². The zero-order chi connectivity index (χ0) is 11.4. The highest BCUT2D eigenvalue weighted by Crippen LogP contribution is 2.24. The summed E-state index contributed by atoms with van der Waals surface area (Å²) in [4.78, 5) is 15.9. The van der Waals surface area contributed by atoms with Crippen LogP contribution in [0.4, 0.5) is 5.82 Å². The standard InChI is InChI=1S/C12H15ClN2O/c13-10-6-7-14-11(8-10)15-12(16)9-4-2-1-3-5-9/h6-9H,1-5H2,(H,14,15,16). The SMILES string of the molecule is O=C(Nc1cc(Cl)ccn1)C1CCCCC1. The molecule has 0 bridgehead atoms. The monoisotopic (exact) mass is 238 g/mol. The topological polar surface area (TPSA) is 42.0 Å². The van der Waals surface area contributed by atoms with Crippen molar-refractivity contribution in [1.29, 1.82) is 0 Å². The van der Waals surface area contributed by atoms with Gasteiger partial charge in [-0.25, -0.2) is 4.98 Å². The number of rotatable bonds is 2. The van der Waals surface area contributed by atoms with E-state index in [0.29, 0.717) is 10.8 Å². The van der Waals surface area contributed by atoms with E-state index in [1.807, 2.05) is 0 Å². The second-order valence-electron chi connectivity index (χ2n) is 4.18. The summed E-state index contributed by atoms with van der Waals surface area (Å²) < 4.78 is 0. The van der Waals surface area contributed by atoms with E-state index in [1.54, 1.807) is 18.3 Å². The van der Waals surface area contributed by atoms with Gasteiger partial charge in [0, 0.05) is 17.1 Å². The van der Waals surface area contributed by atoms with Gasteiger partial charge in [-0.2, -0.15) is 0 Å². The van der Waals surface area contributed by atoms with Gasteiger partial charge in [-0.3, -0.25) is 4.79 Å². The summed E-state index contributed by atoms with van der Waals surface area (Å²) in [6, 6.07) is 3.36. The first-order valence-electron chi connectivity index (χ1n) is 5.68. The minimum Gasteiger partial charge on any atom is -0.310 e. The van der Waals surface area contributed by atoms with Crippen molar-refractivity contribution in [1.82, 2.24) is 4.98 Å². The van der Waals surface area contributed by atoms with Gasteiger partial charge in [0.05, 0.1) is 0 Å². The Bertz CT molecular complexity index is 375. The number of aromatic nitrogens is 1. The molecule has 1 amide bonds. The number of carbonyl (C=O) groups is 1. The van der Waals surface area contributed by atoms with E-state index >= 15 is 0 Å². The molecular weight excluding hydrogens is 224 g/mol. The molecule has 16 heavy (non-hydrogen) atoms. The Morgan fingerprint density at radius 3 is 2.81 bits per heavy atom. The Hall–Kier alpha value is -1.09. The third-order valence-corrected chi connectivity index (χ3v) is 3.18. The number of anilines is 1. The maximum atomic E-state index is 11.9. The van der Waals surface area contributed by atoms with E-state index in [-0.39, 0.29) is 11.8 Å². The zero-order valence-corrected chi connectivity index (χ0v) is 9.83. The third kappa shape index (κ3) is 2.95. The van der Waals surface area contributed by atoms with Gasteiger partial charge in [0.2, 0.25) is 5.91 Å². The maximum absolute atomic E-state index is 11.9. The Kier molecular flexibility index (Phi) is 3.78. The largest absolute Gasteiger partial charge is 0.310 e. The molecule has 0 saturated heterocycles. The van der Waals surface area contributed by atoms with Crippen LogP contribution in [0.5, 0.6) is 0 Å². The van der Waals surface area contributed by atoms with Crippen LogP contribution in [0, 0.1) is 5.92 Å². The van der Waals surface area contributed by atoms with Crippen LogP contribution in [0.25, 0.3) is 0 Å². The third-order valence-electron chi connectivity index (χ3n) is 2.95. The first-order valence-corrected chi connectivity index (χ1v) is 6.06. The van der Waals surface area contributed by atoms with Crippen LogP contribution in [0.3, 0.4) is 0 Å². The minimum atomic E-state index is 0.0782. The van der Waals surface area contributed by atoms with Gasteiger partial charge in [0.1, 0.15) is 5.82 Å². The van der Waals surface area contributed by atoms with Gasteiger partial charge in [-0.1, -0.05) is 30.9 Å². The highest BCUT2D eigenvalue weighted by Gasteiger charge is 2.21. The molecule has 1 aromatic rings. The normalized spacial score (nSPS) is 17.1. The Balaban J connectivity index is 1.96. The molecule has 1 fully saturated rings. The molecule has 3 nitrogen and oxygen atoms in total. The summed E-state index contributed by atoms with van der Waals surface area (Å²) in [5.74, 6) is 0.770. The van der Waals surface area contributed by atoms with Gasteiger partial charge in [0.25, 0.3) is 0 Å². The minimum absolute atomic E-state index is 0.0782. The van der Waals surface area contributed by atoms with Crippen LogP contribution in [-0.4, -0.2) is 10.9 Å². The second kappa shape index (κ2) is 5.30. The fourth-order valence-corrected chi connectivity index (χ4v) is 2.23. The average Bonchev–Trinajstić information content (AvgIpc) is 2.30. The Morgan fingerprint density at radius 2 is 2.12 bits per heavy atom. The van der Waals surface area contributed by atoms with Crippen LogP contribution in [-0.2, 0) is 4.79 Å². The Labute approximate surface area is 100 Å². The smallest absolute Gasteiger partial charge is 0.228 e. The van der Waals surface area contributed by atoms with Gasteiger partial charge in [0.15, 0.2) is 0 Å². The predicted octanol–water partition coefficient (Wildman–Crippen LogP) is 3.25. The molecule has 1 heterocycles. The van der Waals surface area contributed by atoms with Crippen molar-refractivity contribution in [2.24, 2.45) is 5.92 Å². The summed E-state index contributed by atoms with van der Waals surface area (Å²) >= 11 is 5.82. The van der Waals surface area contributed by atoms with E-state index in [9.17, 15) is 4.79 Å². The van der Waals surface area contributed by atoms with Crippen LogP contribution in [0.15, 0.2) is 18.3 Å². The van der Waals surface area contributed by atoms with E-state index in [0.717, 1.165) is 25.7 Å². The van der Waals surface area contributed by atoms with Crippen molar-refractivity contribution in [3.63, 3.8) is 0 Å². The predicted molar refractivity (Wildman–Crippen MR) is 64.5 cm³/mol. The lowest BCUT2D eigenvalue weighted by Gasteiger charge is -2.20. The number of carbonyl (C=O) groups excluding carboxylic acids is 1. The second-order valence-corrected chi connectivity index (χ2v) is 4.62. The van der Waals surface area contributed by atoms with Gasteiger partial charge in [-0.05, 0) is 25.0 Å². The number of amides is 1. The van der Waals surface area contributed by atoms with Crippen molar-refractivity contribution < 1.29 is 4.79 Å². The van der Waals surface area contributed by atoms with E-state index in [1.165, 1.54) is 6.42 Å². The summed E-state index contributed by atoms with van der Waals surface area (Å²) in [7, 11) is 0. The van der Waals surface area contributed by atoms with Crippen LogP contribution < -0.4 is 5.32 Å². The molecule has 1 saturated carbocycles. The summed E-state index contributed by atoms with van der Waals surface area (Å²) in [6.45, 7) is 0. The highest BCUT2D eigenvalue weighted by atomic mass is 35.5. The lowest BCUT2D eigenvalue weighted by atomic mass is 9.89. The first kappa shape index (κ1) is 11.4. The molecule has 1 aromatic heterocycles. The van der Waals surface area contributed by atoms with Crippen LogP contribution >= 0.6 is 11.6 Å². The van der Waals surface area contributed by atoms with Crippen molar-refractivity contribution >= 4 is 23.3 Å². The molecule has 1 N–H and O–H groups in total. The average molecular weight is 239 g/mol. The number of nitrogens with one attached hydrogen (secondary N) is 1. The fraction of sp³-hybridized carbons (Fsp3) is 0.500. The van der Waals surface area contributed by atoms with E-state index in [2.05, 4.69) is 10.3 Å². The lowest BCUT2D eigenvalue weighted by molar-refractivity contribution is -0.120. The molecule has 1 aliphatic carbocycles. The lowest BCUT2D eigenvalue weighted by Crippen LogP contribution is -2.25. The number of hydrogen-bond acceptors (Lipinski definition) is 2.